The SMILES string of the molecule is CN(C)C/C=C/C(=O)N1CCN(c2nc(=O)n3c4c(c(-c5ccc(F)cc5F)c(C(F)(F)F)cc24)SCC3)C/C1=C\C=O. The number of piperazine rings is 1. The second-order valence-corrected chi connectivity index (χ2v) is 11.3. The van der Waals surface area contributed by atoms with Gasteiger partial charge in [-0.15, -0.1) is 11.8 Å². The average Bonchev–Trinajstić information content (AvgIpc) is 2.94. The lowest BCUT2D eigenvalue weighted by molar-refractivity contribution is -0.137. The summed E-state index contributed by atoms with van der Waals surface area (Å²) in [7, 11) is 3.67. The number of hydrogen-bond acceptors (Lipinski definition) is 7. The molecule has 2 aliphatic heterocycles. The first-order chi connectivity index (χ1) is 20.4. The van der Waals surface area contributed by atoms with Crippen LogP contribution < -0.4 is 10.6 Å². The summed E-state index contributed by atoms with van der Waals surface area (Å²) < 4.78 is 73.7. The number of aldehydes is 1. The predicted molar refractivity (Wildman–Crippen MR) is 153 cm³/mol. The number of likely N-dealkylation sites (N-methyl/N-ethyl adjacent to an activating group) is 1. The first-order valence-corrected chi connectivity index (χ1v) is 14.2. The monoisotopic (exact) mass is 619 g/mol. The van der Waals surface area contributed by atoms with Gasteiger partial charge in [-0.3, -0.25) is 14.2 Å². The van der Waals surface area contributed by atoms with Crippen LogP contribution in [0.15, 0.2) is 57.9 Å². The Hall–Kier alpha value is -4.04. The number of rotatable bonds is 6. The van der Waals surface area contributed by atoms with Crippen LogP contribution >= 0.6 is 11.8 Å². The fourth-order valence-electron chi connectivity index (χ4n) is 5.24. The summed E-state index contributed by atoms with van der Waals surface area (Å²) in [4.78, 5) is 46.5. The molecule has 2 aromatic carbocycles. The van der Waals surface area contributed by atoms with E-state index in [1.807, 2.05) is 19.0 Å². The standard InChI is InChI=1S/C29H26F5N5O3S/c1-36(2)8-3-4-23(41)38-10-9-37(16-18(38)7-12-40)27-20-15-21(29(32,33)34)24(19-6-5-17(30)14-22(19)31)26-25(20)39(11-13-43-26)28(42)35-27/h3-7,12,14-15H,8-11,13,16H2,1-2H3/b4-3+,18-7+. The number of thioether (sulfide) groups is 1. The summed E-state index contributed by atoms with van der Waals surface area (Å²) in [5.74, 6) is -2.30. The second-order valence-electron chi connectivity index (χ2n) is 10.2. The third-order valence-corrected chi connectivity index (χ3v) is 8.19. The zero-order valence-electron chi connectivity index (χ0n) is 23.1. The number of anilines is 1. The first kappa shape index (κ1) is 30.4. The van der Waals surface area contributed by atoms with Gasteiger partial charge in [0.05, 0.1) is 17.6 Å². The molecule has 14 heteroatoms. The fraction of sp³-hybridized carbons (Fsp3) is 0.310. The number of carbonyl (C=O) groups is 2. The van der Waals surface area contributed by atoms with Crippen molar-refractivity contribution in [3.05, 3.63) is 75.9 Å². The molecule has 1 fully saturated rings. The van der Waals surface area contributed by atoms with Crippen LogP contribution in [0.3, 0.4) is 0 Å². The molecule has 3 heterocycles. The zero-order chi connectivity index (χ0) is 31.1. The number of allylic oxidation sites excluding steroid dienone is 1. The van der Waals surface area contributed by atoms with Crippen LogP contribution in [-0.4, -0.2) is 77.6 Å². The second kappa shape index (κ2) is 11.9. The maximum atomic E-state index is 14.9. The smallest absolute Gasteiger partial charge is 0.348 e. The Balaban J connectivity index is 1.67. The number of hydrogen-bond donors (Lipinski definition) is 0. The Labute approximate surface area is 247 Å². The first-order valence-electron chi connectivity index (χ1n) is 13.2. The third-order valence-electron chi connectivity index (χ3n) is 7.12. The molecule has 0 bridgehead atoms. The molecule has 8 nitrogen and oxygen atoms in total. The van der Waals surface area contributed by atoms with Gasteiger partial charge < -0.3 is 14.7 Å². The molecule has 0 radical (unpaired) electrons. The van der Waals surface area contributed by atoms with E-state index in [1.165, 1.54) is 21.6 Å². The highest BCUT2D eigenvalue weighted by Crippen LogP contribution is 2.49. The molecular formula is C29H26F5N5O3S. The lowest BCUT2D eigenvalue weighted by atomic mass is 9.95. The van der Waals surface area contributed by atoms with Crippen molar-refractivity contribution in [1.82, 2.24) is 19.4 Å². The number of amides is 1. The Bertz CT molecular complexity index is 1730. The summed E-state index contributed by atoms with van der Waals surface area (Å²) in [6, 6.07) is 3.19. The van der Waals surface area contributed by atoms with Gasteiger partial charge in [-0.25, -0.2) is 13.6 Å². The molecule has 0 saturated carbocycles. The minimum atomic E-state index is -4.94. The molecular weight excluding hydrogens is 593 g/mol. The Morgan fingerprint density at radius 3 is 2.58 bits per heavy atom. The van der Waals surface area contributed by atoms with Crippen LogP contribution in [-0.2, 0) is 22.3 Å². The van der Waals surface area contributed by atoms with Crippen LogP contribution in [0, 0.1) is 11.6 Å². The third kappa shape index (κ3) is 5.93. The zero-order valence-corrected chi connectivity index (χ0v) is 23.9. The Morgan fingerprint density at radius 2 is 1.91 bits per heavy atom. The topological polar surface area (TPSA) is 78.8 Å². The van der Waals surface area contributed by atoms with Gasteiger partial charge >= 0.3 is 11.9 Å². The van der Waals surface area contributed by atoms with E-state index < -0.39 is 40.2 Å². The number of benzene rings is 2. The summed E-state index contributed by atoms with van der Waals surface area (Å²) in [6.07, 6.45) is -0.202. The van der Waals surface area contributed by atoms with Crippen LogP contribution in [0.4, 0.5) is 27.8 Å². The van der Waals surface area contributed by atoms with Crippen LogP contribution in [0.1, 0.15) is 5.56 Å². The summed E-state index contributed by atoms with van der Waals surface area (Å²) in [5.41, 5.74) is -2.35. The van der Waals surface area contributed by atoms with Gasteiger partial charge in [-0.1, -0.05) is 6.08 Å². The molecule has 0 spiro atoms. The van der Waals surface area contributed by atoms with E-state index in [0.29, 0.717) is 18.9 Å². The minimum absolute atomic E-state index is 0.0107. The van der Waals surface area contributed by atoms with E-state index in [4.69, 9.17) is 0 Å². The molecule has 0 atom stereocenters. The number of nitrogens with zero attached hydrogens (tertiary/aromatic N) is 5. The highest BCUT2D eigenvalue weighted by Gasteiger charge is 2.39. The van der Waals surface area contributed by atoms with Gasteiger partial charge in [0.2, 0.25) is 0 Å². The molecule has 5 rings (SSSR count). The summed E-state index contributed by atoms with van der Waals surface area (Å²) in [5, 5.41) is 0.0107. The Kier molecular flexibility index (Phi) is 8.43. The van der Waals surface area contributed by atoms with Crippen LogP contribution in [0.5, 0.6) is 0 Å². The molecule has 0 aliphatic carbocycles. The molecule has 226 valence electrons. The van der Waals surface area contributed by atoms with E-state index in [9.17, 15) is 36.3 Å². The van der Waals surface area contributed by atoms with Gasteiger partial charge in [0.15, 0.2) is 0 Å². The molecule has 3 aromatic rings. The van der Waals surface area contributed by atoms with Crippen molar-refractivity contribution in [3.8, 4) is 11.1 Å². The van der Waals surface area contributed by atoms with Gasteiger partial charge in [-0.2, -0.15) is 18.2 Å². The van der Waals surface area contributed by atoms with Crippen molar-refractivity contribution in [2.24, 2.45) is 0 Å². The van der Waals surface area contributed by atoms with Crippen molar-refractivity contribution in [2.45, 2.75) is 17.6 Å². The fourth-order valence-corrected chi connectivity index (χ4v) is 6.44. The van der Waals surface area contributed by atoms with Crippen LogP contribution in [0.25, 0.3) is 22.0 Å². The maximum absolute atomic E-state index is 14.9. The van der Waals surface area contributed by atoms with Crippen molar-refractivity contribution in [1.29, 1.82) is 0 Å². The van der Waals surface area contributed by atoms with E-state index in [0.717, 1.165) is 30.0 Å². The highest BCUT2D eigenvalue weighted by molar-refractivity contribution is 7.99. The van der Waals surface area contributed by atoms with Crippen molar-refractivity contribution in [2.75, 3.05) is 50.9 Å². The van der Waals surface area contributed by atoms with Crippen molar-refractivity contribution >= 4 is 40.7 Å². The van der Waals surface area contributed by atoms with E-state index >= 15 is 0 Å². The predicted octanol–water partition coefficient (Wildman–Crippen LogP) is 4.32. The minimum Gasteiger partial charge on any atom is -0.348 e. The number of alkyl halides is 3. The van der Waals surface area contributed by atoms with E-state index in [-0.39, 0.29) is 65.2 Å². The number of halogens is 5. The van der Waals surface area contributed by atoms with E-state index in [2.05, 4.69) is 4.98 Å². The quantitative estimate of drug-likeness (QED) is 0.231. The van der Waals surface area contributed by atoms with Crippen molar-refractivity contribution < 1.29 is 31.5 Å². The lowest BCUT2D eigenvalue weighted by Gasteiger charge is -2.37. The molecule has 0 N–H and O–H groups in total. The van der Waals surface area contributed by atoms with Crippen molar-refractivity contribution in [3.63, 3.8) is 0 Å². The van der Waals surface area contributed by atoms with Gasteiger partial charge in [0.25, 0.3) is 5.91 Å². The number of aromatic nitrogens is 2. The van der Waals surface area contributed by atoms with Gasteiger partial charge in [0, 0.05) is 71.2 Å². The molecule has 2 aliphatic rings. The molecule has 43 heavy (non-hydrogen) atoms. The average molecular weight is 620 g/mol. The van der Waals surface area contributed by atoms with Crippen LogP contribution in [0.2, 0.25) is 0 Å². The normalized spacial score (nSPS) is 16.6. The summed E-state index contributed by atoms with van der Waals surface area (Å²) >= 11 is 1.04. The Morgan fingerprint density at radius 1 is 1.14 bits per heavy atom. The summed E-state index contributed by atoms with van der Waals surface area (Å²) in [6.45, 7) is 0.762. The van der Waals surface area contributed by atoms with Gasteiger partial charge in [-0.05, 0) is 38.4 Å². The molecule has 0 unspecified atom stereocenters. The maximum Gasteiger partial charge on any atom is 0.417 e. The van der Waals surface area contributed by atoms with E-state index in [1.54, 1.807) is 11.0 Å². The number of carbonyl (C=O) groups excluding carboxylic acids is 2. The molecule has 1 amide bonds. The van der Waals surface area contributed by atoms with Gasteiger partial charge in [0.1, 0.15) is 23.7 Å². The molecule has 1 aromatic heterocycles. The number of aryl methyl sites for hydroxylation is 1. The molecule has 1 saturated heterocycles. The highest BCUT2D eigenvalue weighted by atomic mass is 32.2. The lowest BCUT2D eigenvalue weighted by Crippen LogP contribution is -2.48. The largest absolute Gasteiger partial charge is 0.417 e.